The van der Waals surface area contributed by atoms with Crippen LogP contribution in [0.5, 0.6) is 17.2 Å². The summed E-state index contributed by atoms with van der Waals surface area (Å²) in [6, 6.07) is 6.39. The Balaban J connectivity index is 1.65. The van der Waals surface area contributed by atoms with Gasteiger partial charge in [-0.1, -0.05) is 6.07 Å². The van der Waals surface area contributed by atoms with E-state index in [0.29, 0.717) is 25.0 Å². The van der Waals surface area contributed by atoms with Crippen molar-refractivity contribution in [2.45, 2.75) is 38.7 Å². The lowest BCUT2D eigenvalue weighted by molar-refractivity contribution is 0.233. The number of ether oxygens (including phenoxy) is 3. The van der Waals surface area contributed by atoms with E-state index in [1.807, 2.05) is 6.07 Å². The number of allylic oxidation sites excluding steroid dienone is 1. The molecule has 148 valence electrons. The van der Waals surface area contributed by atoms with Gasteiger partial charge in [-0.25, -0.2) is 4.39 Å². The molecule has 1 aliphatic heterocycles. The van der Waals surface area contributed by atoms with Gasteiger partial charge in [-0.15, -0.1) is 0 Å². The van der Waals surface area contributed by atoms with Crippen LogP contribution in [0.4, 0.5) is 13.2 Å². The molecule has 0 aromatic heterocycles. The van der Waals surface area contributed by atoms with Gasteiger partial charge >= 0.3 is 0 Å². The van der Waals surface area contributed by atoms with Gasteiger partial charge in [0.1, 0.15) is 6.10 Å². The molecule has 0 radical (unpaired) electrons. The van der Waals surface area contributed by atoms with Crippen LogP contribution in [-0.4, -0.2) is 19.3 Å². The monoisotopic (exact) mass is 390 g/mol. The Morgan fingerprint density at radius 1 is 0.929 bits per heavy atom. The minimum absolute atomic E-state index is 0.0143. The maximum Gasteiger partial charge on any atom is 0.207 e. The van der Waals surface area contributed by atoms with Gasteiger partial charge in [0.2, 0.25) is 11.6 Å². The Hall–Kier alpha value is -2.63. The van der Waals surface area contributed by atoms with Crippen LogP contribution >= 0.6 is 0 Å². The summed E-state index contributed by atoms with van der Waals surface area (Å²) in [5.41, 5.74) is 1.63. The van der Waals surface area contributed by atoms with Crippen molar-refractivity contribution in [3.63, 3.8) is 0 Å². The van der Waals surface area contributed by atoms with E-state index >= 15 is 0 Å². The standard InChI is InChI=1S/C22H21F3O3/c1-3-26-16-9-7-13(19(23)20(16)24)12-5-6-14-15-8-10-17(27-4-2)21(25)22(15)28-18(14)11-12/h7-11,14,18H,3-6H2,1-2H3/t14-,18+/m0/s1. The molecule has 1 heterocycles. The first-order valence-electron chi connectivity index (χ1n) is 9.48. The second-order valence-corrected chi connectivity index (χ2v) is 6.82. The average molecular weight is 390 g/mol. The average Bonchev–Trinajstić information content (AvgIpc) is 3.07. The summed E-state index contributed by atoms with van der Waals surface area (Å²) < 4.78 is 59.7. The molecule has 4 rings (SSSR count). The Morgan fingerprint density at radius 3 is 2.32 bits per heavy atom. The van der Waals surface area contributed by atoms with E-state index in [9.17, 15) is 13.2 Å². The van der Waals surface area contributed by atoms with Gasteiger partial charge in [-0.2, -0.15) is 8.78 Å². The van der Waals surface area contributed by atoms with Crippen molar-refractivity contribution in [1.82, 2.24) is 0 Å². The predicted molar refractivity (Wildman–Crippen MR) is 99.5 cm³/mol. The molecule has 1 aliphatic carbocycles. The zero-order chi connectivity index (χ0) is 19.8. The fourth-order valence-corrected chi connectivity index (χ4v) is 3.96. The van der Waals surface area contributed by atoms with Gasteiger partial charge < -0.3 is 14.2 Å². The van der Waals surface area contributed by atoms with Crippen molar-refractivity contribution >= 4 is 5.57 Å². The molecule has 0 unspecified atom stereocenters. The van der Waals surface area contributed by atoms with Crippen molar-refractivity contribution in [1.29, 1.82) is 0 Å². The molecule has 0 N–H and O–H groups in total. The van der Waals surface area contributed by atoms with E-state index in [0.717, 1.165) is 5.56 Å². The molecule has 2 atom stereocenters. The number of rotatable bonds is 5. The maximum atomic E-state index is 14.7. The highest BCUT2D eigenvalue weighted by Crippen LogP contribution is 2.49. The Labute approximate surface area is 161 Å². The highest BCUT2D eigenvalue weighted by atomic mass is 19.2. The summed E-state index contributed by atoms with van der Waals surface area (Å²) in [6.45, 7) is 4.10. The first kappa shape index (κ1) is 18.7. The first-order valence-corrected chi connectivity index (χ1v) is 9.48. The molecule has 0 fully saturated rings. The van der Waals surface area contributed by atoms with Crippen LogP contribution in [0.2, 0.25) is 0 Å². The summed E-state index contributed by atoms with van der Waals surface area (Å²) in [7, 11) is 0. The minimum Gasteiger partial charge on any atom is -0.491 e. The lowest BCUT2D eigenvalue weighted by Gasteiger charge is -2.24. The third kappa shape index (κ3) is 3.01. The predicted octanol–water partition coefficient (Wildman–Crippen LogP) is 5.62. The molecule has 6 heteroatoms. The molecule has 28 heavy (non-hydrogen) atoms. The molecule has 2 aliphatic rings. The number of benzene rings is 2. The molecule has 0 saturated carbocycles. The molecule has 2 aromatic carbocycles. The molecule has 0 saturated heterocycles. The van der Waals surface area contributed by atoms with Gasteiger partial charge in [0.05, 0.1) is 13.2 Å². The first-order chi connectivity index (χ1) is 13.5. The van der Waals surface area contributed by atoms with Crippen LogP contribution in [-0.2, 0) is 0 Å². The second-order valence-electron chi connectivity index (χ2n) is 6.82. The van der Waals surface area contributed by atoms with Crippen LogP contribution in [0.25, 0.3) is 5.57 Å². The van der Waals surface area contributed by atoms with Crippen molar-refractivity contribution in [2.24, 2.45) is 0 Å². The molecule has 2 aromatic rings. The van der Waals surface area contributed by atoms with Gasteiger partial charge in [-0.05, 0) is 56.5 Å². The molecule has 0 bridgehead atoms. The van der Waals surface area contributed by atoms with Gasteiger partial charge in [-0.3, -0.25) is 0 Å². The molecular formula is C22H21F3O3. The van der Waals surface area contributed by atoms with E-state index in [-0.39, 0.29) is 35.3 Å². The highest BCUT2D eigenvalue weighted by molar-refractivity contribution is 5.69. The van der Waals surface area contributed by atoms with Crippen molar-refractivity contribution in [2.75, 3.05) is 13.2 Å². The van der Waals surface area contributed by atoms with E-state index in [1.54, 1.807) is 26.0 Å². The largest absolute Gasteiger partial charge is 0.491 e. The molecular weight excluding hydrogens is 369 g/mol. The summed E-state index contributed by atoms with van der Waals surface area (Å²) in [5.74, 6) is -2.21. The van der Waals surface area contributed by atoms with E-state index < -0.39 is 23.6 Å². The van der Waals surface area contributed by atoms with Crippen molar-refractivity contribution < 1.29 is 27.4 Å². The topological polar surface area (TPSA) is 27.7 Å². The fraction of sp³-hybridized carbons (Fsp3) is 0.364. The summed E-state index contributed by atoms with van der Waals surface area (Å²) in [5, 5.41) is 0. The number of hydrogen-bond acceptors (Lipinski definition) is 3. The Bertz CT molecular complexity index is 939. The number of halogens is 3. The van der Waals surface area contributed by atoms with Gasteiger partial charge in [0, 0.05) is 17.0 Å². The molecule has 0 spiro atoms. The van der Waals surface area contributed by atoms with E-state index in [2.05, 4.69) is 0 Å². The Morgan fingerprint density at radius 2 is 1.61 bits per heavy atom. The lowest BCUT2D eigenvalue weighted by Crippen LogP contribution is -2.20. The molecule has 0 amide bonds. The molecule has 3 nitrogen and oxygen atoms in total. The second kappa shape index (κ2) is 7.41. The zero-order valence-corrected chi connectivity index (χ0v) is 15.7. The number of hydrogen-bond donors (Lipinski definition) is 0. The van der Waals surface area contributed by atoms with Crippen LogP contribution in [0.3, 0.4) is 0 Å². The van der Waals surface area contributed by atoms with E-state index in [4.69, 9.17) is 14.2 Å². The van der Waals surface area contributed by atoms with Crippen LogP contribution < -0.4 is 14.2 Å². The third-order valence-electron chi connectivity index (χ3n) is 5.22. The third-order valence-corrected chi connectivity index (χ3v) is 5.22. The summed E-state index contributed by atoms with van der Waals surface area (Å²) in [6.07, 6.45) is 2.56. The normalized spacial score (nSPS) is 20.1. The highest BCUT2D eigenvalue weighted by Gasteiger charge is 2.39. The quantitative estimate of drug-likeness (QED) is 0.663. The fourth-order valence-electron chi connectivity index (χ4n) is 3.96. The lowest BCUT2D eigenvalue weighted by atomic mass is 9.82. The van der Waals surface area contributed by atoms with Crippen molar-refractivity contribution in [3.05, 3.63) is 58.9 Å². The van der Waals surface area contributed by atoms with Crippen LogP contribution in [0.15, 0.2) is 30.3 Å². The van der Waals surface area contributed by atoms with Crippen LogP contribution in [0.1, 0.15) is 43.7 Å². The van der Waals surface area contributed by atoms with Gasteiger partial charge in [0.25, 0.3) is 0 Å². The van der Waals surface area contributed by atoms with Crippen molar-refractivity contribution in [3.8, 4) is 17.2 Å². The SMILES string of the molecule is CCOc1ccc(C2=C[C@H]3Oc4c(ccc(OCC)c4F)[C@@H]3CC2)c(F)c1F. The Kier molecular flexibility index (Phi) is 4.96. The van der Waals surface area contributed by atoms with E-state index in [1.165, 1.54) is 12.1 Å². The summed E-state index contributed by atoms with van der Waals surface area (Å²) in [4.78, 5) is 0. The number of fused-ring (bicyclic) bond motifs is 3. The van der Waals surface area contributed by atoms with Gasteiger partial charge in [0.15, 0.2) is 23.1 Å². The summed E-state index contributed by atoms with van der Waals surface area (Å²) >= 11 is 0. The maximum absolute atomic E-state index is 14.7. The zero-order valence-electron chi connectivity index (χ0n) is 15.7. The van der Waals surface area contributed by atoms with Crippen LogP contribution in [0, 0.1) is 17.5 Å². The minimum atomic E-state index is -0.995. The smallest absolute Gasteiger partial charge is 0.207 e.